The summed E-state index contributed by atoms with van der Waals surface area (Å²) in [5.41, 5.74) is 0. The van der Waals surface area contributed by atoms with E-state index in [1.807, 2.05) is 0 Å². The SMILES string of the molecule is CC/C=C\C/C=C\C/C=C\C/C=C\C/C=C\C/C=C\C/C=C\CCCCCC(=O)OCC(COC(=O)CCCCCCC/C=C\CCCCCCCC)OC(=O)CCCCCCCCCCCCCCC/C=C\C/C=C\CCCCCCC. The highest BCUT2D eigenvalue weighted by molar-refractivity contribution is 5.71. The van der Waals surface area contributed by atoms with Crippen molar-refractivity contribution in [3.63, 3.8) is 0 Å². The van der Waals surface area contributed by atoms with Gasteiger partial charge in [-0.15, -0.1) is 0 Å². The zero-order valence-corrected chi connectivity index (χ0v) is 54.4. The minimum atomic E-state index is -0.801. The average molecular weight is 1150 g/mol. The van der Waals surface area contributed by atoms with Gasteiger partial charge in [-0.1, -0.05) is 296 Å². The van der Waals surface area contributed by atoms with Crippen LogP contribution in [0.25, 0.3) is 0 Å². The molecule has 0 radical (unpaired) electrons. The van der Waals surface area contributed by atoms with Gasteiger partial charge in [-0.25, -0.2) is 0 Å². The third kappa shape index (κ3) is 68.5. The van der Waals surface area contributed by atoms with Gasteiger partial charge >= 0.3 is 17.9 Å². The molecule has 6 heteroatoms. The van der Waals surface area contributed by atoms with Gasteiger partial charge in [0.1, 0.15) is 13.2 Å². The molecule has 0 spiro atoms. The first-order valence-electron chi connectivity index (χ1n) is 35.0. The Morgan fingerprint density at radius 2 is 0.470 bits per heavy atom. The molecule has 0 bridgehead atoms. The second-order valence-corrected chi connectivity index (χ2v) is 23.1. The summed E-state index contributed by atoms with van der Waals surface area (Å²) in [7, 11) is 0. The average Bonchev–Trinajstić information content (AvgIpc) is 3.49. The summed E-state index contributed by atoms with van der Waals surface area (Å²) < 4.78 is 17.0. The van der Waals surface area contributed by atoms with Crippen LogP contribution in [0.15, 0.2) is 122 Å². The topological polar surface area (TPSA) is 78.9 Å². The van der Waals surface area contributed by atoms with Crippen molar-refractivity contribution in [2.75, 3.05) is 13.2 Å². The monoisotopic (exact) mass is 1150 g/mol. The molecule has 0 fully saturated rings. The first-order valence-corrected chi connectivity index (χ1v) is 35.0. The van der Waals surface area contributed by atoms with Crippen molar-refractivity contribution in [1.82, 2.24) is 0 Å². The third-order valence-electron chi connectivity index (χ3n) is 14.9. The number of carbonyl (C=O) groups excluding carboxylic acids is 3. The number of rotatable bonds is 63. The molecule has 1 atom stereocenters. The molecule has 0 saturated carbocycles. The van der Waals surface area contributed by atoms with Crippen molar-refractivity contribution in [3.05, 3.63) is 122 Å². The van der Waals surface area contributed by atoms with Crippen LogP contribution in [0.5, 0.6) is 0 Å². The Labute approximate surface area is 513 Å². The molecule has 474 valence electrons. The number of esters is 3. The minimum Gasteiger partial charge on any atom is -0.462 e. The summed E-state index contributed by atoms with van der Waals surface area (Å²) in [5, 5.41) is 0. The lowest BCUT2D eigenvalue weighted by Gasteiger charge is -2.18. The molecule has 0 aliphatic carbocycles. The molecule has 0 aliphatic rings. The number of ether oxygens (including phenoxy) is 3. The number of allylic oxidation sites excluding steroid dienone is 20. The largest absolute Gasteiger partial charge is 0.462 e. The van der Waals surface area contributed by atoms with Crippen molar-refractivity contribution in [3.8, 4) is 0 Å². The number of unbranched alkanes of at least 4 members (excludes halogenated alkanes) is 32. The van der Waals surface area contributed by atoms with Crippen LogP contribution in [0, 0.1) is 0 Å². The lowest BCUT2D eigenvalue weighted by molar-refractivity contribution is -0.167. The van der Waals surface area contributed by atoms with Gasteiger partial charge in [0.05, 0.1) is 0 Å². The van der Waals surface area contributed by atoms with Crippen molar-refractivity contribution >= 4 is 17.9 Å². The summed E-state index contributed by atoms with van der Waals surface area (Å²) in [5.74, 6) is -0.927. The predicted molar refractivity (Wildman–Crippen MR) is 362 cm³/mol. The molecular weight excluding hydrogens is 1020 g/mol. The van der Waals surface area contributed by atoms with E-state index in [2.05, 4.69) is 142 Å². The Morgan fingerprint density at radius 1 is 0.253 bits per heavy atom. The van der Waals surface area contributed by atoms with Crippen molar-refractivity contribution in [1.29, 1.82) is 0 Å². The standard InChI is InChI=1S/C77H130O6/c1-4-7-10-13-16-19-22-25-28-30-32-34-36-38-40-42-44-46-49-52-55-58-61-64-67-70-76(79)82-73-74(72-81-75(78)69-66-63-60-57-54-51-48-27-24-21-18-15-12-9-6-3)83-77(80)71-68-65-62-59-56-53-50-47-45-43-41-39-37-35-33-31-29-26-23-20-17-14-11-8-5-2/h7,10,16,19,23,25-28,31-34,38,40,44,46,48,52,55,74H,4-6,8-9,11-15,17-18,20-22,24,29-30,35-37,39,41-43,45,47,49-51,53-54,56-73H2,1-3H3/b10-7-,19-16-,26-23-,28-25-,33-31-,34-32-,40-38-,46-44-,48-27-,55-52-. The van der Waals surface area contributed by atoms with Gasteiger partial charge in [0.25, 0.3) is 0 Å². The fraction of sp³-hybridized carbons (Fsp3) is 0.701. The third-order valence-corrected chi connectivity index (χ3v) is 14.9. The lowest BCUT2D eigenvalue weighted by atomic mass is 10.0. The summed E-state index contributed by atoms with van der Waals surface area (Å²) in [6.45, 7) is 6.50. The predicted octanol–water partition coefficient (Wildman–Crippen LogP) is 24.3. The smallest absolute Gasteiger partial charge is 0.306 e. The second kappa shape index (κ2) is 70.3. The molecule has 0 N–H and O–H groups in total. The van der Waals surface area contributed by atoms with Crippen LogP contribution in [0.1, 0.15) is 329 Å². The van der Waals surface area contributed by atoms with Gasteiger partial charge in [0.15, 0.2) is 6.10 Å². The Bertz CT molecular complexity index is 1700. The van der Waals surface area contributed by atoms with Crippen LogP contribution in [0.3, 0.4) is 0 Å². The maximum absolute atomic E-state index is 13.0. The number of hydrogen-bond acceptors (Lipinski definition) is 6. The molecule has 0 aromatic rings. The molecule has 1 unspecified atom stereocenters. The van der Waals surface area contributed by atoms with Crippen molar-refractivity contribution in [2.24, 2.45) is 0 Å². The van der Waals surface area contributed by atoms with Crippen molar-refractivity contribution < 1.29 is 28.6 Å². The van der Waals surface area contributed by atoms with Gasteiger partial charge < -0.3 is 14.2 Å². The summed E-state index contributed by atoms with van der Waals surface area (Å²) in [4.78, 5) is 38.4. The summed E-state index contributed by atoms with van der Waals surface area (Å²) in [6, 6.07) is 0. The molecule has 0 rings (SSSR count). The highest BCUT2D eigenvalue weighted by Gasteiger charge is 2.19. The number of hydrogen-bond donors (Lipinski definition) is 0. The van der Waals surface area contributed by atoms with E-state index >= 15 is 0 Å². The quantitative estimate of drug-likeness (QED) is 0.0261. The van der Waals surface area contributed by atoms with Crippen LogP contribution >= 0.6 is 0 Å². The molecule has 0 saturated heterocycles. The first-order chi connectivity index (χ1) is 41.0. The maximum Gasteiger partial charge on any atom is 0.306 e. The maximum atomic E-state index is 13.0. The Hall–Kier alpha value is -4.19. The van der Waals surface area contributed by atoms with E-state index < -0.39 is 6.10 Å². The van der Waals surface area contributed by atoms with E-state index in [0.717, 1.165) is 122 Å². The van der Waals surface area contributed by atoms with Crippen LogP contribution in [0.4, 0.5) is 0 Å². The summed E-state index contributed by atoms with van der Waals surface area (Å²) >= 11 is 0. The highest BCUT2D eigenvalue weighted by atomic mass is 16.6. The zero-order valence-electron chi connectivity index (χ0n) is 54.4. The van der Waals surface area contributed by atoms with Gasteiger partial charge in [0.2, 0.25) is 0 Å². The minimum absolute atomic E-state index is 0.0942. The van der Waals surface area contributed by atoms with E-state index in [-0.39, 0.29) is 31.1 Å². The summed E-state index contributed by atoms with van der Waals surface area (Å²) in [6.07, 6.45) is 97.9. The molecule has 0 aromatic carbocycles. The Morgan fingerprint density at radius 3 is 0.759 bits per heavy atom. The first kappa shape index (κ1) is 78.8. The van der Waals surface area contributed by atoms with Gasteiger partial charge in [0, 0.05) is 19.3 Å². The van der Waals surface area contributed by atoms with Crippen LogP contribution in [0.2, 0.25) is 0 Å². The molecule has 0 aliphatic heterocycles. The molecular formula is C77H130O6. The Kier molecular flexibility index (Phi) is 66.7. The van der Waals surface area contributed by atoms with Gasteiger partial charge in [-0.2, -0.15) is 0 Å². The van der Waals surface area contributed by atoms with Crippen LogP contribution in [-0.2, 0) is 28.6 Å². The molecule has 0 amide bonds. The van der Waals surface area contributed by atoms with Gasteiger partial charge in [-0.3, -0.25) is 14.4 Å². The molecule has 0 aromatic heterocycles. The van der Waals surface area contributed by atoms with E-state index in [9.17, 15) is 14.4 Å². The van der Waals surface area contributed by atoms with E-state index in [1.54, 1.807) is 0 Å². The van der Waals surface area contributed by atoms with E-state index in [0.29, 0.717) is 19.3 Å². The lowest BCUT2D eigenvalue weighted by Crippen LogP contribution is -2.30. The fourth-order valence-corrected chi connectivity index (χ4v) is 9.68. The molecule has 6 nitrogen and oxygen atoms in total. The normalized spacial score (nSPS) is 12.9. The van der Waals surface area contributed by atoms with E-state index in [4.69, 9.17) is 14.2 Å². The molecule has 0 heterocycles. The van der Waals surface area contributed by atoms with Crippen LogP contribution in [-0.4, -0.2) is 37.2 Å². The molecule has 83 heavy (non-hydrogen) atoms. The second-order valence-electron chi connectivity index (χ2n) is 23.1. The van der Waals surface area contributed by atoms with Crippen molar-refractivity contribution in [2.45, 2.75) is 335 Å². The Balaban J connectivity index is 4.42. The van der Waals surface area contributed by atoms with E-state index in [1.165, 1.54) is 167 Å². The van der Waals surface area contributed by atoms with Gasteiger partial charge in [-0.05, 0) is 135 Å². The highest BCUT2D eigenvalue weighted by Crippen LogP contribution is 2.16. The fourth-order valence-electron chi connectivity index (χ4n) is 9.68. The zero-order chi connectivity index (χ0) is 59.9. The van der Waals surface area contributed by atoms with Crippen LogP contribution < -0.4 is 0 Å². The number of carbonyl (C=O) groups is 3.